The number of imidazole rings is 1. The van der Waals surface area contributed by atoms with E-state index in [1.54, 1.807) is 6.33 Å². The van der Waals surface area contributed by atoms with Gasteiger partial charge in [-0.15, -0.1) is 0 Å². The Bertz CT molecular complexity index is 1470. The van der Waals surface area contributed by atoms with Crippen molar-refractivity contribution in [2.24, 2.45) is 0 Å². The van der Waals surface area contributed by atoms with Crippen LogP contribution in [-0.4, -0.2) is 33.9 Å². The fourth-order valence-corrected chi connectivity index (χ4v) is 3.84. The average molecular weight is 414 g/mol. The molecule has 0 atom stereocenters. The molecule has 3 aromatic carbocycles. The number of fused-ring (bicyclic) bond motifs is 2. The van der Waals surface area contributed by atoms with E-state index in [0.29, 0.717) is 17.9 Å². The Labute approximate surface area is 177 Å². The van der Waals surface area contributed by atoms with E-state index in [0.717, 1.165) is 28.7 Å². The summed E-state index contributed by atoms with van der Waals surface area (Å²) in [5, 5.41) is 7.37. The molecule has 2 aromatic heterocycles. The molecular formula is C23H22N6O2. The van der Waals surface area contributed by atoms with Crippen LogP contribution in [0.3, 0.4) is 0 Å². The van der Waals surface area contributed by atoms with Gasteiger partial charge < -0.3 is 25.5 Å². The number of hydrogen-bond donors (Lipinski definition) is 4. The van der Waals surface area contributed by atoms with Crippen LogP contribution in [0.5, 0.6) is 0 Å². The average Bonchev–Trinajstić information content (AvgIpc) is 3.38. The zero-order valence-electron chi connectivity index (χ0n) is 17.2. The Morgan fingerprint density at radius 3 is 2.65 bits per heavy atom. The molecule has 0 radical (unpaired) electrons. The maximum absolute atomic E-state index is 12.1. The van der Waals surface area contributed by atoms with E-state index < -0.39 is 10.9 Å². The highest BCUT2D eigenvalue weighted by Gasteiger charge is 2.21. The van der Waals surface area contributed by atoms with Crippen LogP contribution in [0.15, 0.2) is 58.5 Å². The number of hydrogen-bond acceptors (Lipinski definition) is 6. The molecule has 0 bridgehead atoms. The van der Waals surface area contributed by atoms with E-state index in [1.165, 1.54) is 10.9 Å². The summed E-state index contributed by atoms with van der Waals surface area (Å²) < 4.78 is 0. The zero-order chi connectivity index (χ0) is 21.5. The van der Waals surface area contributed by atoms with Crippen LogP contribution in [0, 0.1) is 0 Å². The third kappa shape index (κ3) is 3.47. The van der Waals surface area contributed by atoms with Gasteiger partial charge in [-0.05, 0) is 49.5 Å². The molecule has 0 saturated heterocycles. The lowest BCUT2D eigenvalue weighted by molar-refractivity contribution is 0.404. The number of nitrogens with one attached hydrogen (secondary N) is 4. The first kappa shape index (κ1) is 19.1. The second-order valence-corrected chi connectivity index (χ2v) is 7.95. The molecule has 8 nitrogen and oxygen atoms in total. The molecule has 0 unspecified atom stereocenters. The molecule has 8 heteroatoms. The lowest BCUT2D eigenvalue weighted by atomic mass is 10.1. The molecule has 31 heavy (non-hydrogen) atoms. The van der Waals surface area contributed by atoms with Crippen LogP contribution in [0.1, 0.15) is 11.1 Å². The van der Waals surface area contributed by atoms with Crippen molar-refractivity contribution >= 4 is 39.0 Å². The first-order valence-corrected chi connectivity index (χ1v) is 10.0. The summed E-state index contributed by atoms with van der Waals surface area (Å²) in [6.45, 7) is 1.30. The number of nitrogens with zero attached hydrogens (tertiary/aromatic N) is 2. The van der Waals surface area contributed by atoms with Gasteiger partial charge in [0.2, 0.25) is 0 Å². The lowest BCUT2D eigenvalue weighted by Crippen LogP contribution is -2.36. The maximum Gasteiger partial charge on any atom is 0.253 e. The van der Waals surface area contributed by atoms with Crippen molar-refractivity contribution in [3.63, 3.8) is 0 Å². The second kappa shape index (κ2) is 7.41. The summed E-state index contributed by atoms with van der Waals surface area (Å²) >= 11 is 0. The molecule has 0 spiro atoms. The number of benzene rings is 2. The summed E-state index contributed by atoms with van der Waals surface area (Å²) in [5.41, 5.74) is 5.28. The SMILES string of the molecule is CN(C)Cc1c[nH]c2cc(CNc3c(Nc4ccc5[nH]cnc5c4)c(=O)c3=O)ccc12. The van der Waals surface area contributed by atoms with Crippen LogP contribution in [0.25, 0.3) is 21.9 Å². The third-order valence-electron chi connectivity index (χ3n) is 5.39. The summed E-state index contributed by atoms with van der Waals surface area (Å²) in [4.78, 5) is 36.9. The number of rotatable bonds is 7. The zero-order valence-corrected chi connectivity index (χ0v) is 17.2. The first-order valence-electron chi connectivity index (χ1n) is 10.0. The number of H-pyrrole nitrogens is 2. The minimum atomic E-state index is -0.516. The maximum atomic E-state index is 12.1. The summed E-state index contributed by atoms with van der Waals surface area (Å²) in [7, 11) is 4.08. The Kier molecular flexibility index (Phi) is 4.56. The van der Waals surface area contributed by atoms with Crippen LogP contribution >= 0.6 is 0 Å². The molecule has 0 aliphatic rings. The number of aromatic nitrogens is 3. The number of aromatic amines is 2. The highest BCUT2D eigenvalue weighted by Crippen LogP contribution is 2.25. The number of anilines is 3. The van der Waals surface area contributed by atoms with Gasteiger partial charge in [0.1, 0.15) is 11.4 Å². The normalized spacial score (nSPS) is 11.7. The van der Waals surface area contributed by atoms with E-state index >= 15 is 0 Å². The monoisotopic (exact) mass is 414 g/mol. The standard InChI is InChI=1S/C23H22N6O2/c1-29(2)11-14-10-24-18-7-13(3-5-16(14)18)9-25-20-21(23(31)22(20)30)28-15-4-6-17-19(8-15)27-12-26-17/h3-8,10,12,24-25,28H,9,11H2,1-2H3,(H,26,27). The molecule has 0 saturated carbocycles. The topological polar surface area (TPSA) is 106 Å². The van der Waals surface area contributed by atoms with Crippen molar-refractivity contribution < 1.29 is 0 Å². The minimum Gasteiger partial charge on any atom is -0.376 e. The van der Waals surface area contributed by atoms with Gasteiger partial charge in [0, 0.05) is 35.9 Å². The van der Waals surface area contributed by atoms with Gasteiger partial charge in [-0.2, -0.15) is 0 Å². The van der Waals surface area contributed by atoms with E-state index in [4.69, 9.17) is 0 Å². The predicted molar refractivity (Wildman–Crippen MR) is 124 cm³/mol. The van der Waals surface area contributed by atoms with Crippen molar-refractivity contribution in [1.29, 1.82) is 0 Å². The van der Waals surface area contributed by atoms with Crippen LogP contribution in [0.2, 0.25) is 0 Å². The molecule has 4 N–H and O–H groups in total. The summed E-state index contributed by atoms with van der Waals surface area (Å²) in [6.07, 6.45) is 3.64. The first-order chi connectivity index (χ1) is 15.0. The highest BCUT2D eigenvalue weighted by atomic mass is 16.2. The molecule has 0 fully saturated rings. The molecule has 0 aliphatic carbocycles. The summed E-state index contributed by atoms with van der Waals surface area (Å²) in [5.74, 6) is 0. The van der Waals surface area contributed by atoms with E-state index in [2.05, 4.69) is 42.6 Å². The highest BCUT2D eigenvalue weighted by molar-refractivity contribution is 5.85. The Hall–Kier alpha value is -3.91. The van der Waals surface area contributed by atoms with E-state index in [1.807, 2.05) is 44.6 Å². The quantitative estimate of drug-likeness (QED) is 0.305. The fraction of sp³-hybridized carbons (Fsp3) is 0.174. The third-order valence-corrected chi connectivity index (χ3v) is 5.39. The van der Waals surface area contributed by atoms with Gasteiger partial charge in [-0.25, -0.2) is 4.98 Å². The van der Waals surface area contributed by atoms with Gasteiger partial charge in [-0.1, -0.05) is 12.1 Å². The minimum absolute atomic E-state index is 0.286. The van der Waals surface area contributed by atoms with Crippen LogP contribution < -0.4 is 21.5 Å². The van der Waals surface area contributed by atoms with E-state index in [-0.39, 0.29) is 5.69 Å². The van der Waals surface area contributed by atoms with Crippen molar-refractivity contribution in [2.75, 3.05) is 24.7 Å². The van der Waals surface area contributed by atoms with Gasteiger partial charge in [-0.3, -0.25) is 9.59 Å². The van der Waals surface area contributed by atoms with Crippen molar-refractivity contribution in [2.45, 2.75) is 13.1 Å². The molecule has 5 rings (SSSR count). The predicted octanol–water partition coefficient (Wildman–Crippen LogP) is 3.06. The fourth-order valence-electron chi connectivity index (χ4n) is 3.84. The van der Waals surface area contributed by atoms with Gasteiger partial charge in [0.15, 0.2) is 0 Å². The Morgan fingerprint density at radius 2 is 1.81 bits per heavy atom. The molecule has 5 aromatic rings. The van der Waals surface area contributed by atoms with Crippen molar-refractivity contribution in [1.82, 2.24) is 19.9 Å². The largest absolute Gasteiger partial charge is 0.376 e. The van der Waals surface area contributed by atoms with Gasteiger partial charge in [0.25, 0.3) is 10.9 Å². The van der Waals surface area contributed by atoms with Crippen molar-refractivity contribution in [3.05, 3.63) is 80.5 Å². The van der Waals surface area contributed by atoms with Crippen molar-refractivity contribution in [3.8, 4) is 0 Å². The molecule has 156 valence electrons. The molecule has 2 heterocycles. The Balaban J connectivity index is 1.33. The second-order valence-electron chi connectivity index (χ2n) is 7.95. The van der Waals surface area contributed by atoms with Gasteiger partial charge >= 0.3 is 0 Å². The van der Waals surface area contributed by atoms with Crippen LogP contribution in [-0.2, 0) is 13.1 Å². The Morgan fingerprint density at radius 1 is 0.968 bits per heavy atom. The van der Waals surface area contributed by atoms with Crippen LogP contribution in [0.4, 0.5) is 17.1 Å². The van der Waals surface area contributed by atoms with Gasteiger partial charge in [0.05, 0.1) is 17.4 Å². The van der Waals surface area contributed by atoms with E-state index in [9.17, 15) is 9.59 Å². The molecule has 0 amide bonds. The lowest BCUT2D eigenvalue weighted by Gasteiger charge is -2.15. The molecule has 0 aliphatic heterocycles. The smallest absolute Gasteiger partial charge is 0.253 e. The summed E-state index contributed by atoms with van der Waals surface area (Å²) in [6, 6.07) is 11.7. The molecular weight excluding hydrogens is 392 g/mol.